The van der Waals surface area contributed by atoms with Crippen LogP contribution in [0.15, 0.2) is 77.7 Å². The van der Waals surface area contributed by atoms with Gasteiger partial charge in [-0.05, 0) is 48.0 Å². The van der Waals surface area contributed by atoms with Gasteiger partial charge in [0.25, 0.3) is 15.9 Å². The molecule has 6 nitrogen and oxygen atoms in total. The fraction of sp³-hybridized carbons (Fsp3) is 0.174. The van der Waals surface area contributed by atoms with E-state index in [2.05, 4.69) is 9.62 Å². The van der Waals surface area contributed by atoms with E-state index in [0.29, 0.717) is 19.6 Å². The molecular formula is C23H22FN3O3S. The zero-order chi connectivity index (χ0) is 22.0. The van der Waals surface area contributed by atoms with Crippen LogP contribution in [0.1, 0.15) is 15.9 Å². The fourth-order valence-corrected chi connectivity index (χ4v) is 4.69. The number of hydrogen-bond donors (Lipinski definition) is 1. The molecule has 0 aromatic heterocycles. The Labute approximate surface area is 181 Å². The lowest BCUT2D eigenvalue weighted by Gasteiger charge is -2.22. The van der Waals surface area contributed by atoms with Gasteiger partial charge in [0.1, 0.15) is 5.82 Å². The van der Waals surface area contributed by atoms with E-state index in [0.717, 1.165) is 23.4 Å². The van der Waals surface area contributed by atoms with Crippen LogP contribution in [0.3, 0.4) is 0 Å². The van der Waals surface area contributed by atoms with E-state index in [-0.39, 0.29) is 22.1 Å². The number of sulfonamides is 1. The minimum absolute atomic E-state index is 0.0820. The topological polar surface area (TPSA) is 69.7 Å². The van der Waals surface area contributed by atoms with Crippen LogP contribution in [0.4, 0.5) is 15.8 Å². The zero-order valence-electron chi connectivity index (χ0n) is 17.0. The van der Waals surface area contributed by atoms with Crippen LogP contribution in [0.2, 0.25) is 0 Å². The van der Waals surface area contributed by atoms with Gasteiger partial charge in [-0.15, -0.1) is 0 Å². The Balaban J connectivity index is 1.63. The zero-order valence-corrected chi connectivity index (χ0v) is 17.8. The highest BCUT2D eigenvalue weighted by molar-refractivity contribution is 7.92. The van der Waals surface area contributed by atoms with Crippen LogP contribution in [0.25, 0.3) is 0 Å². The van der Waals surface area contributed by atoms with E-state index in [1.165, 1.54) is 12.1 Å². The van der Waals surface area contributed by atoms with Crippen molar-refractivity contribution in [2.24, 2.45) is 0 Å². The largest absolute Gasteiger partial charge is 0.373 e. The van der Waals surface area contributed by atoms with Gasteiger partial charge in [0.05, 0.1) is 16.1 Å². The van der Waals surface area contributed by atoms with E-state index >= 15 is 0 Å². The Kier molecular flexibility index (Phi) is 5.65. The number of anilines is 2. The number of para-hydroxylation sites is 2. The molecule has 0 aliphatic carbocycles. The summed E-state index contributed by atoms with van der Waals surface area (Å²) >= 11 is 0. The summed E-state index contributed by atoms with van der Waals surface area (Å²) in [7, 11) is -1.99. The third-order valence-electron chi connectivity index (χ3n) is 5.28. The predicted molar refractivity (Wildman–Crippen MR) is 118 cm³/mol. The Morgan fingerprint density at radius 2 is 1.61 bits per heavy atom. The van der Waals surface area contributed by atoms with Gasteiger partial charge in [-0.2, -0.15) is 0 Å². The lowest BCUT2D eigenvalue weighted by molar-refractivity contribution is 0.0753. The summed E-state index contributed by atoms with van der Waals surface area (Å²) in [6.45, 7) is 1.59. The molecule has 0 bridgehead atoms. The molecule has 31 heavy (non-hydrogen) atoms. The second-order valence-electron chi connectivity index (χ2n) is 7.38. The summed E-state index contributed by atoms with van der Waals surface area (Å²) in [5.41, 5.74) is 2.54. The van der Waals surface area contributed by atoms with Gasteiger partial charge in [0.2, 0.25) is 0 Å². The van der Waals surface area contributed by atoms with Gasteiger partial charge in [-0.3, -0.25) is 9.52 Å². The molecule has 0 spiro atoms. The second-order valence-corrected chi connectivity index (χ2v) is 9.06. The lowest BCUT2D eigenvalue weighted by Crippen LogP contribution is -2.34. The summed E-state index contributed by atoms with van der Waals surface area (Å²) in [5.74, 6) is -0.788. The number of carbonyl (C=O) groups excluding carboxylic acids is 1. The monoisotopic (exact) mass is 439 g/mol. The summed E-state index contributed by atoms with van der Waals surface area (Å²) in [6.07, 6.45) is 0. The molecule has 0 atom stereocenters. The second kappa shape index (κ2) is 8.39. The van der Waals surface area contributed by atoms with Crippen molar-refractivity contribution >= 4 is 27.3 Å². The fourth-order valence-electron chi connectivity index (χ4n) is 3.61. The van der Waals surface area contributed by atoms with Gasteiger partial charge in [-0.1, -0.05) is 30.3 Å². The molecule has 3 aromatic carbocycles. The van der Waals surface area contributed by atoms with Crippen molar-refractivity contribution in [1.29, 1.82) is 0 Å². The summed E-state index contributed by atoms with van der Waals surface area (Å²) < 4.78 is 41.2. The molecule has 1 aliphatic rings. The number of rotatable bonds is 4. The minimum Gasteiger partial charge on any atom is -0.373 e. The number of likely N-dealkylation sites (N-methyl/N-ethyl adjacent to an activating group) is 1. The average Bonchev–Trinajstić information content (AvgIpc) is 2.93. The van der Waals surface area contributed by atoms with Crippen molar-refractivity contribution in [3.8, 4) is 0 Å². The maximum absolute atomic E-state index is 13.4. The van der Waals surface area contributed by atoms with Crippen LogP contribution in [-0.4, -0.2) is 39.4 Å². The third kappa shape index (κ3) is 4.39. The number of hydrogen-bond acceptors (Lipinski definition) is 4. The average molecular weight is 440 g/mol. The number of nitrogens with zero attached hydrogens (tertiary/aromatic N) is 2. The number of amides is 1. The van der Waals surface area contributed by atoms with Crippen LogP contribution in [-0.2, 0) is 16.6 Å². The first kappa shape index (κ1) is 20.9. The van der Waals surface area contributed by atoms with Gasteiger partial charge < -0.3 is 9.80 Å². The Morgan fingerprint density at radius 1 is 0.935 bits per heavy atom. The maximum atomic E-state index is 13.4. The molecule has 160 valence electrons. The molecule has 1 N–H and O–H groups in total. The predicted octanol–water partition coefficient (Wildman–Crippen LogP) is 3.72. The minimum atomic E-state index is -3.98. The first-order valence-corrected chi connectivity index (χ1v) is 11.3. The van der Waals surface area contributed by atoms with Crippen molar-refractivity contribution < 1.29 is 17.6 Å². The first-order chi connectivity index (χ1) is 14.8. The molecule has 0 unspecified atom stereocenters. The summed E-state index contributed by atoms with van der Waals surface area (Å²) in [6, 6.07) is 18.9. The highest BCUT2D eigenvalue weighted by Crippen LogP contribution is 2.27. The Bertz CT molecular complexity index is 1210. The summed E-state index contributed by atoms with van der Waals surface area (Å²) in [4.78, 5) is 17.1. The van der Waals surface area contributed by atoms with Gasteiger partial charge in [0.15, 0.2) is 0 Å². The molecule has 8 heteroatoms. The normalized spacial score (nSPS) is 14.0. The molecular weight excluding hydrogens is 417 g/mol. The molecule has 0 fully saturated rings. The van der Waals surface area contributed by atoms with Crippen molar-refractivity contribution in [2.45, 2.75) is 11.4 Å². The first-order valence-electron chi connectivity index (χ1n) is 9.81. The van der Waals surface area contributed by atoms with Gasteiger partial charge >= 0.3 is 0 Å². The molecule has 3 aromatic rings. The van der Waals surface area contributed by atoms with Crippen molar-refractivity contribution in [2.75, 3.05) is 29.8 Å². The maximum Gasteiger partial charge on any atom is 0.261 e. The van der Waals surface area contributed by atoms with E-state index < -0.39 is 15.8 Å². The highest BCUT2D eigenvalue weighted by atomic mass is 32.2. The van der Waals surface area contributed by atoms with Gasteiger partial charge in [0, 0.05) is 32.4 Å². The van der Waals surface area contributed by atoms with Crippen LogP contribution in [0.5, 0.6) is 0 Å². The van der Waals surface area contributed by atoms with Crippen LogP contribution in [0, 0.1) is 5.82 Å². The molecule has 4 rings (SSSR count). The Morgan fingerprint density at radius 3 is 2.39 bits per heavy atom. The Hall–Kier alpha value is -3.39. The number of carbonyl (C=O) groups is 1. The highest BCUT2D eigenvalue weighted by Gasteiger charge is 2.25. The lowest BCUT2D eigenvalue weighted by atomic mass is 10.1. The van der Waals surface area contributed by atoms with E-state index in [9.17, 15) is 17.6 Å². The van der Waals surface area contributed by atoms with Crippen LogP contribution < -0.4 is 9.62 Å². The van der Waals surface area contributed by atoms with Crippen LogP contribution >= 0.6 is 0 Å². The third-order valence-corrected chi connectivity index (χ3v) is 6.66. The summed E-state index contributed by atoms with van der Waals surface area (Å²) in [5, 5.41) is 0. The number of nitrogens with one attached hydrogen (secondary N) is 1. The molecule has 1 aliphatic heterocycles. The quantitative estimate of drug-likeness (QED) is 0.673. The standard InChI is InChI=1S/C23H22FN3O3S/c1-26-14-15-27(16-17-6-2-5-9-22(17)26)23(28)20-7-3-4-8-21(20)25-31(29,30)19-12-10-18(24)11-13-19/h2-13,25H,14-16H2,1H3. The van der Waals surface area contributed by atoms with Crippen molar-refractivity contribution in [1.82, 2.24) is 4.90 Å². The molecule has 1 amide bonds. The molecule has 0 saturated carbocycles. The molecule has 0 saturated heterocycles. The van der Waals surface area contributed by atoms with E-state index in [1.54, 1.807) is 29.2 Å². The smallest absolute Gasteiger partial charge is 0.261 e. The molecule has 0 radical (unpaired) electrons. The van der Waals surface area contributed by atoms with E-state index in [1.807, 2.05) is 31.3 Å². The van der Waals surface area contributed by atoms with E-state index in [4.69, 9.17) is 0 Å². The van der Waals surface area contributed by atoms with Gasteiger partial charge in [-0.25, -0.2) is 12.8 Å². The number of halogens is 1. The molecule has 1 heterocycles. The van der Waals surface area contributed by atoms with Crippen molar-refractivity contribution in [3.05, 3.63) is 89.7 Å². The number of benzene rings is 3. The van der Waals surface area contributed by atoms with Crippen molar-refractivity contribution in [3.63, 3.8) is 0 Å². The number of fused-ring (bicyclic) bond motifs is 1. The SMILES string of the molecule is CN1CCN(C(=O)c2ccccc2NS(=O)(=O)c2ccc(F)cc2)Cc2ccccc21.